The van der Waals surface area contributed by atoms with Gasteiger partial charge in [0.15, 0.2) is 0 Å². The van der Waals surface area contributed by atoms with Crippen molar-refractivity contribution in [2.24, 2.45) is 5.41 Å². The number of nitrogens with zero attached hydrogens (tertiary/aromatic N) is 4. The first kappa shape index (κ1) is 29.1. The average molecular weight is 605 g/mol. The number of hydrogen-bond donors (Lipinski definition) is 0. The fourth-order valence-electron chi connectivity index (χ4n) is 4.20. The van der Waals surface area contributed by atoms with E-state index in [0.29, 0.717) is 18.0 Å². The summed E-state index contributed by atoms with van der Waals surface area (Å²) in [6.45, 7) is 6.45. The molecule has 1 unspecified atom stereocenters. The van der Waals surface area contributed by atoms with Crippen molar-refractivity contribution >= 4 is 44.3 Å². The molecule has 4 rings (SSSR count). The van der Waals surface area contributed by atoms with Gasteiger partial charge in [-0.25, -0.2) is 9.78 Å². The molecule has 1 fully saturated rings. The van der Waals surface area contributed by atoms with E-state index in [1.807, 2.05) is 18.2 Å². The number of alkyl halides is 3. The molecule has 9 nitrogen and oxygen atoms in total. The summed E-state index contributed by atoms with van der Waals surface area (Å²) < 4.78 is 74.3. The second-order valence-electron chi connectivity index (χ2n) is 9.50. The van der Waals surface area contributed by atoms with Crippen LogP contribution in [0.3, 0.4) is 0 Å². The largest absolute Gasteiger partial charge is 0.493 e. The van der Waals surface area contributed by atoms with Gasteiger partial charge >= 0.3 is 12.1 Å². The lowest BCUT2D eigenvalue weighted by atomic mass is 9.81. The van der Waals surface area contributed by atoms with Crippen LogP contribution in [0.1, 0.15) is 25.8 Å². The van der Waals surface area contributed by atoms with Gasteiger partial charge in [0.2, 0.25) is 0 Å². The summed E-state index contributed by atoms with van der Waals surface area (Å²) >= 11 is 6.78. The minimum absolute atomic E-state index is 0.0852. The number of rotatable bonds is 8. The fraction of sp³-hybridized carbons (Fsp3) is 0.375. The van der Waals surface area contributed by atoms with Gasteiger partial charge in [0.25, 0.3) is 15.2 Å². The van der Waals surface area contributed by atoms with Crippen LogP contribution in [0.4, 0.5) is 18.3 Å². The van der Waals surface area contributed by atoms with Crippen molar-refractivity contribution in [3.8, 4) is 5.75 Å². The van der Waals surface area contributed by atoms with Gasteiger partial charge in [0.1, 0.15) is 18.2 Å². The summed E-state index contributed by atoms with van der Waals surface area (Å²) in [6.07, 6.45) is -4.10. The Morgan fingerprint density at radius 1 is 1.23 bits per heavy atom. The Kier molecular flexibility index (Phi) is 8.40. The molecule has 0 amide bonds. The summed E-state index contributed by atoms with van der Waals surface area (Å²) in [6, 6.07) is 13.5. The molecule has 0 bridgehead atoms. The molecule has 1 aliphatic heterocycles. The Balaban J connectivity index is 1.50. The molecule has 0 saturated carbocycles. The Bertz CT molecular complexity index is 1410. The zero-order chi connectivity index (χ0) is 28.4. The lowest BCUT2D eigenvalue weighted by Crippen LogP contribution is -2.50. The third-order valence-corrected chi connectivity index (χ3v) is 8.63. The van der Waals surface area contributed by atoms with Crippen molar-refractivity contribution in [3.63, 3.8) is 0 Å². The first-order valence-electron chi connectivity index (χ1n) is 11.6. The van der Waals surface area contributed by atoms with Gasteiger partial charge in [0.05, 0.1) is 9.92 Å². The maximum atomic E-state index is 13.2. The van der Waals surface area contributed by atoms with Crippen molar-refractivity contribution in [3.05, 3.63) is 65.4 Å². The van der Waals surface area contributed by atoms with Crippen LogP contribution in [0.5, 0.6) is 5.75 Å². The third kappa shape index (κ3) is 6.80. The van der Waals surface area contributed by atoms with E-state index < -0.39 is 32.2 Å². The number of halogens is 4. The molecule has 1 atom stereocenters. The van der Waals surface area contributed by atoms with Crippen LogP contribution in [0.25, 0.3) is 0 Å². The van der Waals surface area contributed by atoms with Crippen LogP contribution >= 0.6 is 23.1 Å². The van der Waals surface area contributed by atoms with Gasteiger partial charge in [-0.1, -0.05) is 60.2 Å². The number of ether oxygens (including phenoxy) is 1. The zero-order valence-electron chi connectivity index (χ0n) is 20.8. The van der Waals surface area contributed by atoms with Crippen LogP contribution in [-0.2, 0) is 26.2 Å². The lowest BCUT2D eigenvalue weighted by molar-refractivity contribution is -0.199. The van der Waals surface area contributed by atoms with Gasteiger partial charge in [-0.3, -0.25) is 4.90 Å². The molecule has 3 aromatic rings. The van der Waals surface area contributed by atoms with Crippen LogP contribution in [0.2, 0.25) is 5.02 Å². The molecule has 39 heavy (non-hydrogen) atoms. The number of piperidine rings is 1. The number of carbonyl (C=O) groups excluding carboxylic acids is 1. The number of likely N-dealkylation sites (tertiary alicyclic amines) is 1. The number of carbonyl (C=O) groups is 1. The fourth-order valence-corrected chi connectivity index (χ4v) is 6.38. The standard InChI is InChI=1S/C24H24ClF3N4O5S2/c1-23(2)14-31(13-16-6-4-3-5-7-16)11-10-20(23)36-19-9-8-17(12-18(19)25)39(34,35)32(22-29-15-30-38-22)37-21(33)24(26,27)28/h3-9,12,15,20H,10-11,13-14H2,1-2H3. The van der Waals surface area contributed by atoms with Crippen molar-refractivity contribution in [2.75, 3.05) is 17.6 Å². The second-order valence-corrected chi connectivity index (χ2v) is 12.4. The van der Waals surface area contributed by atoms with Gasteiger partial charge in [-0.15, -0.1) is 0 Å². The molecule has 2 heterocycles. The Morgan fingerprint density at radius 2 is 1.95 bits per heavy atom. The molecule has 0 spiro atoms. The minimum atomic E-state index is -5.45. The first-order chi connectivity index (χ1) is 18.3. The van der Waals surface area contributed by atoms with Gasteiger partial charge < -0.3 is 9.57 Å². The molecular weight excluding hydrogens is 581 g/mol. The molecule has 1 aromatic heterocycles. The van der Waals surface area contributed by atoms with Crippen molar-refractivity contribution < 1.29 is 36.0 Å². The van der Waals surface area contributed by atoms with E-state index in [-0.39, 0.29) is 26.8 Å². The quantitative estimate of drug-likeness (QED) is 0.328. The van der Waals surface area contributed by atoms with Gasteiger partial charge in [0, 0.05) is 36.6 Å². The molecule has 0 radical (unpaired) electrons. The highest BCUT2D eigenvalue weighted by Gasteiger charge is 2.46. The highest BCUT2D eigenvalue weighted by molar-refractivity contribution is 7.92. The third-order valence-electron chi connectivity index (χ3n) is 6.05. The van der Waals surface area contributed by atoms with Gasteiger partial charge in [-0.05, 0) is 30.2 Å². The summed E-state index contributed by atoms with van der Waals surface area (Å²) in [4.78, 5) is 20.9. The average Bonchev–Trinajstić information content (AvgIpc) is 3.39. The van der Waals surface area contributed by atoms with Crippen LogP contribution in [0.15, 0.2) is 59.8 Å². The monoisotopic (exact) mass is 604 g/mol. The van der Waals surface area contributed by atoms with E-state index in [0.717, 1.165) is 38.1 Å². The molecule has 1 saturated heterocycles. The SMILES string of the molecule is CC1(C)CN(Cc2ccccc2)CCC1Oc1ccc(S(=O)(=O)N(OC(=O)C(F)(F)F)c2ncns2)cc1Cl. The molecule has 210 valence electrons. The first-order valence-corrected chi connectivity index (χ1v) is 14.2. The van der Waals surface area contributed by atoms with E-state index in [1.54, 1.807) is 0 Å². The lowest BCUT2D eigenvalue weighted by Gasteiger charge is -2.44. The molecule has 0 N–H and O–H groups in total. The maximum absolute atomic E-state index is 13.2. The van der Waals surface area contributed by atoms with Crippen molar-refractivity contribution in [1.29, 1.82) is 0 Å². The number of sulfonamides is 1. The van der Waals surface area contributed by atoms with E-state index >= 15 is 0 Å². The predicted octanol–water partition coefficient (Wildman–Crippen LogP) is 5.09. The Labute approximate surface area is 232 Å². The number of anilines is 1. The van der Waals surface area contributed by atoms with Crippen LogP contribution < -0.4 is 9.21 Å². The highest BCUT2D eigenvalue weighted by atomic mass is 35.5. The smallest absolute Gasteiger partial charge is 0.488 e. The summed E-state index contributed by atoms with van der Waals surface area (Å²) in [7, 11) is -4.86. The number of aromatic nitrogens is 2. The Morgan fingerprint density at radius 3 is 2.54 bits per heavy atom. The predicted molar refractivity (Wildman–Crippen MR) is 138 cm³/mol. The van der Waals surface area contributed by atoms with E-state index in [4.69, 9.17) is 16.3 Å². The number of hydrogen-bond acceptors (Lipinski definition) is 9. The Hall–Kier alpha value is -2.94. The molecular formula is C24H24ClF3N4O5S2. The van der Waals surface area contributed by atoms with Crippen molar-refractivity contribution in [1.82, 2.24) is 14.3 Å². The van der Waals surface area contributed by atoms with E-state index in [2.05, 4.69) is 45.1 Å². The van der Waals surface area contributed by atoms with Crippen molar-refractivity contribution in [2.45, 2.75) is 44.0 Å². The molecule has 2 aromatic carbocycles. The zero-order valence-corrected chi connectivity index (χ0v) is 23.1. The molecule has 1 aliphatic rings. The summed E-state index contributed by atoms with van der Waals surface area (Å²) in [5.74, 6) is -2.53. The van der Waals surface area contributed by atoms with Gasteiger partial charge in [-0.2, -0.15) is 26.0 Å². The maximum Gasteiger partial charge on any atom is 0.493 e. The minimum Gasteiger partial charge on any atom is -0.488 e. The second kappa shape index (κ2) is 11.3. The number of benzene rings is 2. The summed E-state index contributed by atoms with van der Waals surface area (Å²) in [5, 5.41) is -0.689. The highest BCUT2D eigenvalue weighted by Crippen LogP contribution is 2.37. The van der Waals surface area contributed by atoms with E-state index in [1.165, 1.54) is 11.6 Å². The topological polar surface area (TPSA) is 102 Å². The normalized spacial score (nSPS) is 17.9. The molecule has 15 heteroatoms. The van der Waals surface area contributed by atoms with E-state index in [9.17, 15) is 26.4 Å². The van der Waals surface area contributed by atoms with Crippen LogP contribution in [-0.4, -0.2) is 54.0 Å². The van der Waals surface area contributed by atoms with Crippen LogP contribution in [0, 0.1) is 5.41 Å². The molecule has 0 aliphatic carbocycles. The summed E-state index contributed by atoms with van der Waals surface area (Å²) in [5.41, 5.74) is 0.928.